The average Bonchev–Trinajstić information content (AvgIpc) is 2.57. The van der Waals surface area contributed by atoms with E-state index in [2.05, 4.69) is 17.9 Å². The summed E-state index contributed by atoms with van der Waals surface area (Å²) in [6.45, 7) is 6.84. The molecule has 0 aliphatic rings. The summed E-state index contributed by atoms with van der Waals surface area (Å²) in [6, 6.07) is 3.52. The van der Waals surface area contributed by atoms with E-state index in [0.29, 0.717) is 17.8 Å². The van der Waals surface area contributed by atoms with Crippen molar-refractivity contribution in [3.63, 3.8) is 0 Å². The fourth-order valence-corrected chi connectivity index (χ4v) is 0.855. The third-order valence-corrected chi connectivity index (χ3v) is 1.45. The second kappa shape index (κ2) is 4.30. The predicted molar refractivity (Wildman–Crippen MR) is 47.8 cm³/mol. The maximum absolute atomic E-state index is 11.0. The van der Waals surface area contributed by atoms with Crippen LogP contribution in [0, 0.1) is 0 Å². The van der Waals surface area contributed by atoms with Gasteiger partial charge < -0.3 is 9.15 Å². The molecule has 0 saturated heterocycles. The number of rotatable bonds is 4. The third-order valence-electron chi connectivity index (χ3n) is 1.45. The summed E-state index contributed by atoms with van der Waals surface area (Å²) in [6.07, 6.45) is 2.98. The van der Waals surface area contributed by atoms with Crippen LogP contribution < -0.4 is 0 Å². The van der Waals surface area contributed by atoms with Gasteiger partial charge in [-0.3, -0.25) is 0 Å². The van der Waals surface area contributed by atoms with E-state index in [1.165, 1.54) is 0 Å². The first-order chi connectivity index (χ1) is 6.24. The Morgan fingerprint density at radius 2 is 2.46 bits per heavy atom. The van der Waals surface area contributed by atoms with Crippen molar-refractivity contribution in [2.45, 2.75) is 6.42 Å². The molecule has 3 heteroatoms. The van der Waals surface area contributed by atoms with Crippen molar-refractivity contribution < 1.29 is 13.9 Å². The maximum Gasteiger partial charge on any atom is 0.338 e. The first-order valence-corrected chi connectivity index (χ1v) is 3.76. The SMILES string of the molecule is C=COC(=O)C(=C)Cc1ccco1. The van der Waals surface area contributed by atoms with Crippen LogP contribution in [0.4, 0.5) is 0 Å². The second-order valence-electron chi connectivity index (χ2n) is 2.43. The van der Waals surface area contributed by atoms with Crippen LogP contribution in [0.2, 0.25) is 0 Å². The van der Waals surface area contributed by atoms with Gasteiger partial charge in [-0.05, 0) is 12.1 Å². The molecule has 0 amide bonds. The zero-order valence-electron chi connectivity index (χ0n) is 7.16. The first-order valence-electron chi connectivity index (χ1n) is 3.76. The number of furan rings is 1. The molecule has 0 aliphatic carbocycles. The molecular weight excluding hydrogens is 168 g/mol. The molecule has 0 atom stereocenters. The standard InChI is InChI=1S/C10H10O3/c1-3-12-10(11)8(2)7-9-5-4-6-13-9/h3-6H,1-2,7H2. The molecule has 0 radical (unpaired) electrons. The van der Waals surface area contributed by atoms with Crippen LogP contribution in [-0.2, 0) is 16.0 Å². The van der Waals surface area contributed by atoms with Crippen LogP contribution in [0.3, 0.4) is 0 Å². The molecule has 0 aromatic carbocycles. The Bertz CT molecular complexity index is 309. The van der Waals surface area contributed by atoms with Crippen molar-refractivity contribution in [3.8, 4) is 0 Å². The van der Waals surface area contributed by atoms with Gasteiger partial charge in [0.2, 0.25) is 0 Å². The molecule has 0 fully saturated rings. The summed E-state index contributed by atoms with van der Waals surface area (Å²) >= 11 is 0. The lowest BCUT2D eigenvalue weighted by atomic mass is 10.2. The van der Waals surface area contributed by atoms with Crippen LogP contribution in [0.5, 0.6) is 0 Å². The highest BCUT2D eigenvalue weighted by atomic mass is 16.5. The molecule has 1 rings (SSSR count). The van der Waals surface area contributed by atoms with E-state index in [1.54, 1.807) is 18.4 Å². The fraction of sp³-hybridized carbons (Fsp3) is 0.100. The molecular formula is C10H10O3. The summed E-state index contributed by atoms with van der Waals surface area (Å²) < 4.78 is 9.57. The van der Waals surface area contributed by atoms with Crippen molar-refractivity contribution in [1.82, 2.24) is 0 Å². The van der Waals surface area contributed by atoms with Crippen molar-refractivity contribution >= 4 is 5.97 Å². The molecule has 0 aliphatic heterocycles. The van der Waals surface area contributed by atoms with Gasteiger partial charge in [-0.1, -0.05) is 13.2 Å². The zero-order valence-corrected chi connectivity index (χ0v) is 7.16. The Morgan fingerprint density at radius 1 is 1.69 bits per heavy atom. The predicted octanol–water partition coefficient (Wildman–Crippen LogP) is 2.06. The summed E-state index contributed by atoms with van der Waals surface area (Å²) in [5.41, 5.74) is 0.342. The second-order valence-corrected chi connectivity index (χ2v) is 2.43. The Balaban J connectivity index is 2.51. The Morgan fingerprint density at radius 3 is 3.00 bits per heavy atom. The highest BCUT2D eigenvalue weighted by Crippen LogP contribution is 2.08. The van der Waals surface area contributed by atoms with Crippen molar-refractivity contribution in [2.75, 3.05) is 0 Å². The van der Waals surface area contributed by atoms with Gasteiger partial charge in [-0.15, -0.1) is 0 Å². The van der Waals surface area contributed by atoms with Crippen LogP contribution in [0.1, 0.15) is 5.76 Å². The molecule has 0 unspecified atom stereocenters. The molecule has 0 bridgehead atoms. The molecule has 13 heavy (non-hydrogen) atoms. The van der Waals surface area contributed by atoms with Crippen molar-refractivity contribution in [1.29, 1.82) is 0 Å². The lowest BCUT2D eigenvalue weighted by molar-refractivity contribution is -0.133. The summed E-state index contributed by atoms with van der Waals surface area (Å²) in [4.78, 5) is 11.0. The molecule has 3 nitrogen and oxygen atoms in total. The fourth-order valence-electron chi connectivity index (χ4n) is 0.855. The molecule has 0 N–H and O–H groups in total. The number of hydrogen-bond acceptors (Lipinski definition) is 3. The highest BCUT2D eigenvalue weighted by Gasteiger charge is 2.09. The van der Waals surface area contributed by atoms with E-state index in [-0.39, 0.29) is 0 Å². The lowest BCUT2D eigenvalue weighted by Crippen LogP contribution is -2.04. The quantitative estimate of drug-likeness (QED) is 0.402. The largest absolute Gasteiger partial charge is 0.469 e. The van der Waals surface area contributed by atoms with Gasteiger partial charge in [-0.25, -0.2) is 4.79 Å². The van der Waals surface area contributed by atoms with E-state index in [0.717, 1.165) is 6.26 Å². The zero-order chi connectivity index (χ0) is 9.68. The third kappa shape index (κ3) is 2.63. The molecule has 0 spiro atoms. The molecule has 68 valence electrons. The summed E-state index contributed by atoms with van der Waals surface area (Å²) in [5, 5.41) is 0. The van der Waals surface area contributed by atoms with E-state index < -0.39 is 5.97 Å². The average molecular weight is 178 g/mol. The summed E-state index contributed by atoms with van der Waals surface area (Å²) in [5.74, 6) is 0.206. The van der Waals surface area contributed by atoms with Crippen LogP contribution >= 0.6 is 0 Å². The van der Waals surface area contributed by atoms with Crippen LogP contribution in [-0.4, -0.2) is 5.97 Å². The normalized spacial score (nSPS) is 9.23. The van der Waals surface area contributed by atoms with Crippen LogP contribution in [0.15, 0.2) is 47.8 Å². The highest BCUT2D eigenvalue weighted by molar-refractivity contribution is 5.88. The lowest BCUT2D eigenvalue weighted by Gasteiger charge is -1.99. The topological polar surface area (TPSA) is 39.4 Å². The van der Waals surface area contributed by atoms with Gasteiger partial charge in [0.05, 0.1) is 12.5 Å². The van der Waals surface area contributed by atoms with Gasteiger partial charge in [0.15, 0.2) is 0 Å². The summed E-state index contributed by atoms with van der Waals surface area (Å²) in [7, 11) is 0. The van der Waals surface area contributed by atoms with Gasteiger partial charge in [0.25, 0.3) is 0 Å². The minimum Gasteiger partial charge on any atom is -0.469 e. The smallest absolute Gasteiger partial charge is 0.338 e. The Kier molecular flexibility index (Phi) is 3.09. The van der Waals surface area contributed by atoms with Gasteiger partial charge >= 0.3 is 5.97 Å². The number of carbonyl (C=O) groups is 1. The van der Waals surface area contributed by atoms with E-state index in [1.807, 2.05) is 0 Å². The minimum atomic E-state index is -0.480. The first kappa shape index (κ1) is 9.32. The minimum absolute atomic E-state index is 0.342. The molecule has 1 heterocycles. The Labute approximate surface area is 76.3 Å². The van der Waals surface area contributed by atoms with Crippen LogP contribution in [0.25, 0.3) is 0 Å². The number of ether oxygens (including phenoxy) is 1. The maximum atomic E-state index is 11.0. The van der Waals surface area contributed by atoms with Gasteiger partial charge in [0, 0.05) is 12.0 Å². The van der Waals surface area contributed by atoms with Crippen molar-refractivity contribution in [2.24, 2.45) is 0 Å². The van der Waals surface area contributed by atoms with E-state index >= 15 is 0 Å². The van der Waals surface area contributed by atoms with Crippen molar-refractivity contribution in [3.05, 3.63) is 49.1 Å². The molecule has 0 saturated carbocycles. The van der Waals surface area contributed by atoms with Gasteiger partial charge in [-0.2, -0.15) is 0 Å². The molecule has 1 aromatic rings. The number of hydrogen-bond donors (Lipinski definition) is 0. The van der Waals surface area contributed by atoms with E-state index in [4.69, 9.17) is 4.42 Å². The van der Waals surface area contributed by atoms with E-state index in [9.17, 15) is 4.79 Å². The molecule has 1 aromatic heterocycles. The Hall–Kier alpha value is -1.77. The number of carbonyl (C=O) groups excluding carboxylic acids is 1. The van der Waals surface area contributed by atoms with Gasteiger partial charge in [0.1, 0.15) is 5.76 Å². The monoisotopic (exact) mass is 178 g/mol. The number of esters is 1.